The Hall–Kier alpha value is -3.20. The summed E-state index contributed by atoms with van der Waals surface area (Å²) in [6.07, 6.45) is 0.0618. The molecule has 0 saturated heterocycles. The maximum Gasteiger partial charge on any atom is 0.197 e. The Balaban J connectivity index is 1.96. The van der Waals surface area contributed by atoms with E-state index in [4.69, 9.17) is 0 Å². The van der Waals surface area contributed by atoms with E-state index in [1.54, 1.807) is 60.7 Å². The van der Waals surface area contributed by atoms with E-state index in [9.17, 15) is 14.7 Å². The first kappa shape index (κ1) is 15.7. The summed E-state index contributed by atoms with van der Waals surface area (Å²) in [4.78, 5) is 25.2. The number of rotatable bonds is 5. The number of ketones is 2. The number of Topliss-reactive ketones (excluding diaryl/α,β-unsaturated/α-hetero) is 1. The standard InChI is InChI=1S/C21H16O3/c22-18-13-7-12-17(14-19(23)15-8-3-1-4-9-15)20(18)21(24)16-10-5-2-6-11-16/h1-13,22H,14H2. The summed E-state index contributed by atoms with van der Waals surface area (Å²) in [5.74, 6) is -0.491. The Morgan fingerprint density at radius 1 is 0.708 bits per heavy atom. The molecule has 0 atom stereocenters. The van der Waals surface area contributed by atoms with Gasteiger partial charge in [0.25, 0.3) is 0 Å². The van der Waals surface area contributed by atoms with Crippen molar-refractivity contribution in [3.63, 3.8) is 0 Å². The van der Waals surface area contributed by atoms with Crippen LogP contribution in [0.3, 0.4) is 0 Å². The van der Waals surface area contributed by atoms with Crippen molar-refractivity contribution in [3.05, 3.63) is 101 Å². The van der Waals surface area contributed by atoms with Gasteiger partial charge < -0.3 is 5.11 Å². The van der Waals surface area contributed by atoms with Gasteiger partial charge in [-0.3, -0.25) is 9.59 Å². The zero-order valence-corrected chi connectivity index (χ0v) is 13.0. The van der Waals surface area contributed by atoms with Crippen LogP contribution in [-0.2, 0) is 6.42 Å². The molecule has 0 amide bonds. The van der Waals surface area contributed by atoms with Gasteiger partial charge in [-0.1, -0.05) is 72.8 Å². The molecule has 3 heteroatoms. The first-order valence-electron chi connectivity index (χ1n) is 7.65. The lowest BCUT2D eigenvalue weighted by Crippen LogP contribution is -2.10. The van der Waals surface area contributed by atoms with E-state index in [1.807, 2.05) is 12.1 Å². The van der Waals surface area contributed by atoms with Gasteiger partial charge in [-0.2, -0.15) is 0 Å². The zero-order chi connectivity index (χ0) is 16.9. The molecule has 118 valence electrons. The third-order valence-electron chi connectivity index (χ3n) is 3.84. The Morgan fingerprint density at radius 3 is 1.92 bits per heavy atom. The van der Waals surface area contributed by atoms with Gasteiger partial charge in [-0.25, -0.2) is 0 Å². The normalized spacial score (nSPS) is 10.3. The second-order valence-electron chi connectivity index (χ2n) is 5.47. The smallest absolute Gasteiger partial charge is 0.197 e. The molecule has 0 aliphatic rings. The predicted molar refractivity (Wildman–Crippen MR) is 92.5 cm³/mol. The van der Waals surface area contributed by atoms with Crippen LogP contribution < -0.4 is 0 Å². The van der Waals surface area contributed by atoms with E-state index in [2.05, 4.69) is 0 Å². The minimum atomic E-state index is -0.287. The molecule has 3 aromatic rings. The summed E-state index contributed by atoms with van der Waals surface area (Å²) < 4.78 is 0. The monoisotopic (exact) mass is 316 g/mol. The summed E-state index contributed by atoms with van der Waals surface area (Å²) in [7, 11) is 0. The van der Waals surface area contributed by atoms with E-state index in [0.29, 0.717) is 16.7 Å². The third kappa shape index (κ3) is 3.25. The van der Waals surface area contributed by atoms with Crippen LogP contribution in [0.2, 0.25) is 0 Å². The molecule has 0 unspecified atom stereocenters. The van der Waals surface area contributed by atoms with Crippen LogP contribution in [-0.4, -0.2) is 16.7 Å². The Bertz CT molecular complexity index is 868. The van der Waals surface area contributed by atoms with Gasteiger partial charge in [0, 0.05) is 17.5 Å². The van der Waals surface area contributed by atoms with Gasteiger partial charge in [-0.15, -0.1) is 0 Å². The van der Waals surface area contributed by atoms with E-state index in [0.717, 1.165) is 0 Å². The minimum Gasteiger partial charge on any atom is -0.507 e. The summed E-state index contributed by atoms with van der Waals surface area (Å²) in [5, 5.41) is 10.2. The van der Waals surface area contributed by atoms with Crippen LogP contribution in [0.15, 0.2) is 78.9 Å². The zero-order valence-electron chi connectivity index (χ0n) is 13.0. The van der Waals surface area contributed by atoms with Crippen LogP contribution in [0.5, 0.6) is 5.75 Å². The molecular weight excluding hydrogens is 300 g/mol. The first-order valence-corrected chi connectivity index (χ1v) is 7.65. The SMILES string of the molecule is O=C(Cc1cccc(O)c1C(=O)c1ccccc1)c1ccccc1. The molecule has 1 N–H and O–H groups in total. The maximum absolute atomic E-state index is 12.7. The molecule has 0 heterocycles. The van der Waals surface area contributed by atoms with Crippen molar-refractivity contribution in [2.75, 3.05) is 0 Å². The molecule has 0 fully saturated rings. The van der Waals surface area contributed by atoms with Gasteiger partial charge in [0.05, 0.1) is 5.56 Å². The molecule has 3 aromatic carbocycles. The molecule has 0 aliphatic carbocycles. The molecule has 0 bridgehead atoms. The van der Waals surface area contributed by atoms with Crippen molar-refractivity contribution < 1.29 is 14.7 Å². The van der Waals surface area contributed by atoms with Crippen LogP contribution in [0.4, 0.5) is 0 Å². The molecule has 0 spiro atoms. The lowest BCUT2D eigenvalue weighted by Gasteiger charge is -2.10. The number of phenols is 1. The van der Waals surface area contributed by atoms with Crippen LogP contribution in [0.1, 0.15) is 31.8 Å². The average Bonchev–Trinajstić information content (AvgIpc) is 2.63. The summed E-state index contributed by atoms with van der Waals surface area (Å²) in [5.41, 5.74) is 1.78. The molecule has 0 aliphatic heterocycles. The van der Waals surface area contributed by atoms with Crippen LogP contribution in [0, 0.1) is 0 Å². The van der Waals surface area contributed by atoms with Crippen LogP contribution in [0.25, 0.3) is 0 Å². The average molecular weight is 316 g/mol. The fraction of sp³-hybridized carbons (Fsp3) is 0.0476. The number of carbonyl (C=O) groups is 2. The van der Waals surface area contributed by atoms with Gasteiger partial charge in [0.2, 0.25) is 0 Å². The molecule has 24 heavy (non-hydrogen) atoms. The number of phenolic OH excluding ortho intramolecular Hbond substituents is 1. The fourth-order valence-electron chi connectivity index (χ4n) is 2.63. The first-order chi connectivity index (χ1) is 11.7. The van der Waals surface area contributed by atoms with E-state index in [-0.39, 0.29) is 29.3 Å². The minimum absolute atomic E-state index is 0.0618. The molecule has 0 radical (unpaired) electrons. The number of carbonyl (C=O) groups excluding carboxylic acids is 2. The summed E-state index contributed by atoms with van der Waals surface area (Å²) in [6.45, 7) is 0. The summed E-state index contributed by atoms with van der Waals surface area (Å²) >= 11 is 0. The van der Waals surface area contributed by atoms with Crippen molar-refractivity contribution in [2.24, 2.45) is 0 Å². The highest BCUT2D eigenvalue weighted by Crippen LogP contribution is 2.25. The number of benzene rings is 3. The summed E-state index contributed by atoms with van der Waals surface area (Å²) in [6, 6.07) is 22.5. The van der Waals surface area contributed by atoms with E-state index >= 15 is 0 Å². The predicted octanol–water partition coefficient (Wildman–Crippen LogP) is 4.05. The third-order valence-corrected chi connectivity index (χ3v) is 3.84. The largest absolute Gasteiger partial charge is 0.507 e. The van der Waals surface area contributed by atoms with Crippen molar-refractivity contribution in [2.45, 2.75) is 6.42 Å². The van der Waals surface area contributed by atoms with Crippen LogP contribution >= 0.6 is 0 Å². The molecular formula is C21H16O3. The molecule has 0 saturated carbocycles. The number of hydrogen-bond donors (Lipinski definition) is 1. The lowest BCUT2D eigenvalue weighted by molar-refractivity contribution is 0.0992. The van der Waals surface area contributed by atoms with Crippen molar-refractivity contribution in [3.8, 4) is 5.75 Å². The highest BCUT2D eigenvalue weighted by molar-refractivity contribution is 6.12. The molecule has 3 nitrogen and oxygen atoms in total. The Morgan fingerprint density at radius 2 is 1.29 bits per heavy atom. The van der Waals surface area contributed by atoms with Gasteiger partial charge in [0.15, 0.2) is 11.6 Å². The van der Waals surface area contributed by atoms with Crippen molar-refractivity contribution >= 4 is 11.6 Å². The Kier molecular flexibility index (Phi) is 4.52. The number of hydrogen-bond acceptors (Lipinski definition) is 3. The molecule has 3 rings (SSSR count). The van der Waals surface area contributed by atoms with Crippen molar-refractivity contribution in [1.82, 2.24) is 0 Å². The van der Waals surface area contributed by atoms with E-state index in [1.165, 1.54) is 6.07 Å². The highest BCUT2D eigenvalue weighted by atomic mass is 16.3. The Labute approximate surface area is 140 Å². The highest BCUT2D eigenvalue weighted by Gasteiger charge is 2.19. The van der Waals surface area contributed by atoms with E-state index < -0.39 is 0 Å². The number of aromatic hydroxyl groups is 1. The second-order valence-corrected chi connectivity index (χ2v) is 5.47. The van der Waals surface area contributed by atoms with Gasteiger partial charge in [0.1, 0.15) is 5.75 Å². The quantitative estimate of drug-likeness (QED) is 0.723. The van der Waals surface area contributed by atoms with Gasteiger partial charge in [-0.05, 0) is 11.6 Å². The fourth-order valence-corrected chi connectivity index (χ4v) is 2.63. The van der Waals surface area contributed by atoms with Crippen molar-refractivity contribution in [1.29, 1.82) is 0 Å². The topological polar surface area (TPSA) is 54.4 Å². The molecule has 0 aromatic heterocycles. The van der Waals surface area contributed by atoms with Gasteiger partial charge >= 0.3 is 0 Å². The lowest BCUT2D eigenvalue weighted by atomic mass is 9.93. The second kappa shape index (κ2) is 6.92. The maximum atomic E-state index is 12.7.